The summed E-state index contributed by atoms with van der Waals surface area (Å²) in [6, 6.07) is 16.2. The van der Waals surface area contributed by atoms with Crippen LogP contribution in [0.3, 0.4) is 0 Å². The van der Waals surface area contributed by atoms with Crippen molar-refractivity contribution in [1.29, 1.82) is 0 Å². The molecule has 4 heteroatoms. The van der Waals surface area contributed by atoms with Gasteiger partial charge in [-0.2, -0.15) is 12.6 Å². The van der Waals surface area contributed by atoms with Gasteiger partial charge >= 0.3 is 0 Å². The Morgan fingerprint density at radius 1 is 0.760 bits per heavy atom. The maximum Gasteiger partial charge on any atom is 0.224 e. The Kier molecular flexibility index (Phi) is 8.26. The second-order valence-corrected chi connectivity index (χ2v) is 6.51. The fourth-order valence-corrected chi connectivity index (χ4v) is 2.84. The summed E-state index contributed by atoms with van der Waals surface area (Å²) in [5.74, 6) is 0.944. The summed E-state index contributed by atoms with van der Waals surface area (Å²) in [4.78, 5) is 24.3. The summed E-state index contributed by atoms with van der Waals surface area (Å²) >= 11 is 4.19. The molecular formula is C21H25NO2S. The van der Waals surface area contributed by atoms with Crippen molar-refractivity contribution in [1.82, 2.24) is 0 Å². The van der Waals surface area contributed by atoms with Crippen LogP contribution in [0.4, 0.5) is 5.69 Å². The molecule has 25 heavy (non-hydrogen) atoms. The molecule has 0 aromatic heterocycles. The third-order valence-corrected chi connectivity index (χ3v) is 4.35. The molecule has 0 heterocycles. The minimum absolute atomic E-state index is 0.0142. The fourth-order valence-electron chi connectivity index (χ4n) is 2.61. The minimum Gasteiger partial charge on any atom is -0.326 e. The number of thiol groups is 1. The number of ketones is 1. The molecule has 0 bridgehead atoms. The van der Waals surface area contributed by atoms with Gasteiger partial charge in [-0.05, 0) is 42.9 Å². The number of benzene rings is 2. The first kappa shape index (κ1) is 19.3. The van der Waals surface area contributed by atoms with Gasteiger partial charge in [0.05, 0.1) is 0 Å². The van der Waals surface area contributed by atoms with Gasteiger partial charge in [-0.3, -0.25) is 9.59 Å². The zero-order valence-corrected chi connectivity index (χ0v) is 15.3. The molecule has 0 saturated carbocycles. The average molecular weight is 356 g/mol. The van der Waals surface area contributed by atoms with E-state index in [-0.39, 0.29) is 11.7 Å². The van der Waals surface area contributed by atoms with Crippen molar-refractivity contribution < 1.29 is 9.59 Å². The van der Waals surface area contributed by atoms with Crippen LogP contribution < -0.4 is 5.32 Å². The summed E-state index contributed by atoms with van der Waals surface area (Å²) < 4.78 is 0. The number of rotatable bonds is 10. The fraction of sp³-hybridized carbons (Fsp3) is 0.333. The summed E-state index contributed by atoms with van der Waals surface area (Å²) in [6.45, 7) is 0. The smallest absolute Gasteiger partial charge is 0.224 e. The molecule has 2 rings (SSSR count). The number of amides is 1. The highest BCUT2D eigenvalue weighted by molar-refractivity contribution is 7.80. The molecule has 0 spiro atoms. The minimum atomic E-state index is -0.0142. The Labute approximate surface area is 155 Å². The lowest BCUT2D eigenvalue weighted by Crippen LogP contribution is -2.11. The normalized spacial score (nSPS) is 10.4. The van der Waals surface area contributed by atoms with Crippen molar-refractivity contribution in [2.24, 2.45) is 0 Å². The van der Waals surface area contributed by atoms with Crippen molar-refractivity contribution in [3.05, 3.63) is 65.7 Å². The predicted octanol–water partition coefficient (Wildman–Crippen LogP) is 5.13. The van der Waals surface area contributed by atoms with Gasteiger partial charge < -0.3 is 5.32 Å². The molecule has 3 nitrogen and oxygen atoms in total. The number of hydrogen-bond acceptors (Lipinski definition) is 3. The SMILES string of the molecule is O=C(CCCCCCCS)Nc1ccc(C(=O)c2ccccc2)cc1. The Morgan fingerprint density at radius 2 is 1.36 bits per heavy atom. The average Bonchev–Trinajstić information content (AvgIpc) is 2.65. The molecule has 0 aliphatic heterocycles. The van der Waals surface area contributed by atoms with Crippen LogP contribution >= 0.6 is 12.6 Å². The van der Waals surface area contributed by atoms with Crippen molar-refractivity contribution >= 4 is 30.0 Å². The van der Waals surface area contributed by atoms with Crippen LogP contribution in [0.2, 0.25) is 0 Å². The van der Waals surface area contributed by atoms with Crippen LogP contribution in [0.15, 0.2) is 54.6 Å². The Balaban J connectivity index is 1.78. The van der Waals surface area contributed by atoms with Crippen LogP contribution in [-0.4, -0.2) is 17.4 Å². The van der Waals surface area contributed by atoms with Gasteiger partial charge in [-0.25, -0.2) is 0 Å². The summed E-state index contributed by atoms with van der Waals surface area (Å²) in [6.07, 6.45) is 6.00. The van der Waals surface area contributed by atoms with E-state index in [1.165, 1.54) is 6.42 Å². The second kappa shape index (κ2) is 10.7. The number of carbonyl (C=O) groups is 2. The van der Waals surface area contributed by atoms with Crippen LogP contribution in [0, 0.1) is 0 Å². The van der Waals surface area contributed by atoms with Crippen molar-refractivity contribution in [2.75, 3.05) is 11.1 Å². The van der Waals surface area contributed by atoms with Gasteiger partial charge in [0.15, 0.2) is 5.78 Å². The molecule has 0 aliphatic rings. The molecule has 0 saturated heterocycles. The molecule has 0 atom stereocenters. The molecule has 2 aromatic carbocycles. The lowest BCUT2D eigenvalue weighted by Gasteiger charge is -2.07. The van der Waals surface area contributed by atoms with Gasteiger partial charge in [-0.15, -0.1) is 0 Å². The highest BCUT2D eigenvalue weighted by Gasteiger charge is 2.09. The van der Waals surface area contributed by atoms with Gasteiger partial charge in [0.1, 0.15) is 0 Å². The van der Waals surface area contributed by atoms with E-state index in [1.54, 1.807) is 36.4 Å². The second-order valence-electron chi connectivity index (χ2n) is 6.06. The molecule has 0 fully saturated rings. The van der Waals surface area contributed by atoms with E-state index in [0.29, 0.717) is 17.5 Å². The Bertz CT molecular complexity index is 668. The molecule has 0 radical (unpaired) electrons. The summed E-state index contributed by atoms with van der Waals surface area (Å²) in [5.41, 5.74) is 2.01. The van der Waals surface area contributed by atoms with Gasteiger partial charge in [0, 0.05) is 23.2 Å². The quantitative estimate of drug-likeness (QED) is 0.353. The highest BCUT2D eigenvalue weighted by Crippen LogP contribution is 2.14. The standard InChI is InChI=1S/C21H25NO2S/c23-20(11-7-2-1-3-8-16-25)22-19-14-12-18(13-15-19)21(24)17-9-5-4-6-10-17/h4-6,9-10,12-15,25H,1-3,7-8,11,16H2,(H,22,23). The van der Waals surface area contributed by atoms with E-state index in [4.69, 9.17) is 0 Å². The molecule has 1 N–H and O–H groups in total. The predicted molar refractivity (Wildman–Crippen MR) is 107 cm³/mol. The van der Waals surface area contributed by atoms with Gasteiger partial charge in [0.25, 0.3) is 0 Å². The first-order chi connectivity index (χ1) is 12.2. The topological polar surface area (TPSA) is 46.2 Å². The molecule has 1 amide bonds. The number of unbranched alkanes of at least 4 members (excludes halogenated alkanes) is 4. The maximum atomic E-state index is 12.3. The van der Waals surface area contributed by atoms with E-state index in [9.17, 15) is 9.59 Å². The van der Waals surface area contributed by atoms with Crippen molar-refractivity contribution in [3.63, 3.8) is 0 Å². The summed E-state index contributed by atoms with van der Waals surface area (Å²) in [7, 11) is 0. The largest absolute Gasteiger partial charge is 0.326 e. The maximum absolute atomic E-state index is 12.3. The number of anilines is 1. The van der Waals surface area contributed by atoms with Crippen LogP contribution in [0.25, 0.3) is 0 Å². The van der Waals surface area contributed by atoms with E-state index in [2.05, 4.69) is 17.9 Å². The van der Waals surface area contributed by atoms with Crippen molar-refractivity contribution in [2.45, 2.75) is 38.5 Å². The Morgan fingerprint density at radius 3 is 2.04 bits per heavy atom. The highest BCUT2D eigenvalue weighted by atomic mass is 32.1. The van der Waals surface area contributed by atoms with Crippen LogP contribution in [0.1, 0.15) is 54.4 Å². The van der Waals surface area contributed by atoms with Crippen LogP contribution in [0.5, 0.6) is 0 Å². The van der Waals surface area contributed by atoms with Crippen LogP contribution in [-0.2, 0) is 4.79 Å². The first-order valence-corrected chi connectivity index (χ1v) is 9.44. The Hall–Kier alpha value is -2.07. The molecule has 0 unspecified atom stereocenters. The number of nitrogens with one attached hydrogen (secondary N) is 1. The lowest BCUT2D eigenvalue weighted by molar-refractivity contribution is -0.116. The summed E-state index contributed by atoms with van der Waals surface area (Å²) in [5, 5.41) is 2.89. The van der Waals surface area contributed by atoms with Crippen molar-refractivity contribution in [3.8, 4) is 0 Å². The lowest BCUT2D eigenvalue weighted by atomic mass is 10.0. The molecule has 132 valence electrons. The van der Waals surface area contributed by atoms with E-state index in [1.807, 2.05) is 18.2 Å². The molecular weight excluding hydrogens is 330 g/mol. The van der Waals surface area contributed by atoms with E-state index in [0.717, 1.165) is 37.1 Å². The molecule has 2 aromatic rings. The van der Waals surface area contributed by atoms with Gasteiger partial charge in [0.2, 0.25) is 5.91 Å². The monoisotopic (exact) mass is 355 g/mol. The van der Waals surface area contributed by atoms with Gasteiger partial charge in [-0.1, -0.05) is 49.6 Å². The zero-order valence-electron chi connectivity index (χ0n) is 14.4. The number of carbonyl (C=O) groups excluding carboxylic acids is 2. The first-order valence-electron chi connectivity index (χ1n) is 8.81. The third-order valence-electron chi connectivity index (χ3n) is 4.03. The zero-order chi connectivity index (χ0) is 17.9. The molecule has 0 aliphatic carbocycles. The van der Waals surface area contributed by atoms with E-state index >= 15 is 0 Å². The number of hydrogen-bond donors (Lipinski definition) is 2. The van der Waals surface area contributed by atoms with E-state index < -0.39 is 0 Å². The third kappa shape index (κ3) is 6.75.